The molecule has 0 bridgehead atoms. The van der Waals surface area contributed by atoms with Crippen LogP contribution in [-0.4, -0.2) is 38.7 Å². The number of hydrogen-bond acceptors (Lipinski definition) is 4. The van der Waals surface area contributed by atoms with E-state index in [0.29, 0.717) is 17.2 Å². The van der Waals surface area contributed by atoms with Crippen LogP contribution in [0.1, 0.15) is 68.0 Å². The Morgan fingerprint density at radius 2 is 1.95 bits per heavy atom. The number of carboxylic acid groups (broad SMARTS) is 1. The lowest BCUT2D eigenvalue weighted by Gasteiger charge is -2.33. The van der Waals surface area contributed by atoms with Gasteiger partial charge in [0.25, 0.3) is 0 Å². The van der Waals surface area contributed by atoms with Crippen LogP contribution < -0.4 is 0 Å². The monoisotopic (exact) mass is 607 g/mol. The minimum atomic E-state index is -1.05. The minimum Gasteiger partial charge on any atom is -0.481 e. The maximum Gasteiger partial charge on any atom is 0.304 e. The molecule has 2 aromatic carbocycles. The summed E-state index contributed by atoms with van der Waals surface area (Å²) in [5.41, 5.74) is 3.92. The molecule has 4 atom stereocenters. The molecule has 4 unspecified atom stereocenters. The molecule has 42 heavy (non-hydrogen) atoms. The molecule has 2 N–H and O–H groups in total. The molecule has 1 aromatic heterocycles. The van der Waals surface area contributed by atoms with E-state index in [1.165, 1.54) is 16.7 Å². The van der Waals surface area contributed by atoms with Crippen LogP contribution in [0, 0.1) is 11.3 Å². The van der Waals surface area contributed by atoms with Crippen molar-refractivity contribution in [3.05, 3.63) is 100 Å². The molecule has 2 aliphatic carbocycles. The number of alkyl halides is 1. The molecule has 3 aromatic rings. The van der Waals surface area contributed by atoms with Crippen LogP contribution in [0.2, 0.25) is 5.02 Å². The number of halogens is 2. The van der Waals surface area contributed by atoms with Crippen LogP contribution in [-0.2, 0) is 17.6 Å². The van der Waals surface area contributed by atoms with Crippen molar-refractivity contribution in [1.82, 2.24) is 4.98 Å². The summed E-state index contributed by atoms with van der Waals surface area (Å²) in [5.74, 6) is -0.404. The molecule has 0 saturated heterocycles. The van der Waals surface area contributed by atoms with E-state index in [2.05, 4.69) is 54.6 Å². The maximum atomic E-state index is 14.4. The highest BCUT2D eigenvalue weighted by Gasteiger charge is 2.56. The number of carboxylic acids is 1. The fraction of sp³-hybridized carbons (Fsp3) is 0.429. The summed E-state index contributed by atoms with van der Waals surface area (Å²) < 4.78 is 14.4. The van der Waals surface area contributed by atoms with Gasteiger partial charge >= 0.3 is 5.97 Å². The molecule has 222 valence electrons. The van der Waals surface area contributed by atoms with E-state index in [4.69, 9.17) is 16.6 Å². The van der Waals surface area contributed by atoms with Gasteiger partial charge in [-0.3, -0.25) is 9.78 Å². The second kappa shape index (κ2) is 12.9. The fourth-order valence-electron chi connectivity index (χ4n) is 6.06. The topological polar surface area (TPSA) is 70.4 Å². The van der Waals surface area contributed by atoms with Crippen molar-refractivity contribution in [2.45, 2.75) is 75.8 Å². The number of hydrogen-bond donors (Lipinski definition) is 2. The molecular weight excluding hydrogens is 569 g/mol. The number of thioether (sulfide) groups is 1. The van der Waals surface area contributed by atoms with E-state index in [1.54, 1.807) is 11.8 Å². The summed E-state index contributed by atoms with van der Waals surface area (Å²) in [7, 11) is 0. The van der Waals surface area contributed by atoms with Gasteiger partial charge in [0.15, 0.2) is 0 Å². The summed E-state index contributed by atoms with van der Waals surface area (Å²) in [6, 6.07) is 18.5. The number of aromatic nitrogens is 1. The molecular formula is C35H39ClFNO3S. The zero-order chi connectivity index (χ0) is 29.9. The molecule has 2 aliphatic rings. The first kappa shape index (κ1) is 30.8. The third kappa shape index (κ3) is 7.64. The SMILES string of the molecule is CC(C)(O)C1CC=CC=C1CCC(SCC1(CC(=O)O)CC1F)c1cccc(CCc2ccc3ccc(Cl)cc3n2)c1. The van der Waals surface area contributed by atoms with Gasteiger partial charge in [-0.05, 0) is 81.7 Å². The summed E-state index contributed by atoms with van der Waals surface area (Å²) in [6.07, 6.45) is 9.50. The van der Waals surface area contributed by atoms with Gasteiger partial charge in [0.05, 0.1) is 17.5 Å². The number of pyridine rings is 1. The number of nitrogens with zero attached hydrogens (tertiary/aromatic N) is 1. The summed E-state index contributed by atoms with van der Waals surface area (Å²) in [5, 5.41) is 22.0. The molecule has 1 fully saturated rings. The lowest BCUT2D eigenvalue weighted by molar-refractivity contribution is -0.138. The van der Waals surface area contributed by atoms with Crippen LogP contribution in [0.15, 0.2) is 78.4 Å². The van der Waals surface area contributed by atoms with Crippen molar-refractivity contribution >= 4 is 40.2 Å². The highest BCUT2D eigenvalue weighted by molar-refractivity contribution is 7.99. The van der Waals surface area contributed by atoms with Gasteiger partial charge in [0, 0.05) is 38.4 Å². The smallest absolute Gasteiger partial charge is 0.304 e. The standard InChI is InChI=1S/C35H39ClFNO3S/c1-34(2,41)29-9-4-3-7-24(29)13-17-31(42-22-35(20-32(35)37)21-33(39)40)26-8-5-6-23(18-26)10-15-28-16-12-25-11-14-27(36)19-30(25)38-28/h3-8,11-12,14,16,18-19,29,31-32,41H,9-10,13,15,17,20-22H2,1-2H3,(H,39,40). The number of benzene rings is 2. The van der Waals surface area contributed by atoms with Gasteiger partial charge in [0.2, 0.25) is 0 Å². The maximum absolute atomic E-state index is 14.4. The average molecular weight is 608 g/mol. The summed E-state index contributed by atoms with van der Waals surface area (Å²) >= 11 is 7.85. The number of aliphatic hydroxyl groups is 1. The molecule has 7 heteroatoms. The molecule has 0 aliphatic heterocycles. The third-order valence-corrected chi connectivity index (χ3v) is 10.6. The van der Waals surface area contributed by atoms with E-state index in [0.717, 1.165) is 48.7 Å². The van der Waals surface area contributed by atoms with E-state index in [1.807, 2.05) is 32.0 Å². The Labute approximate surface area is 257 Å². The van der Waals surface area contributed by atoms with E-state index in [-0.39, 0.29) is 17.6 Å². The van der Waals surface area contributed by atoms with Crippen LogP contribution in [0.25, 0.3) is 10.9 Å². The van der Waals surface area contributed by atoms with E-state index in [9.17, 15) is 19.4 Å². The minimum absolute atomic E-state index is 0.0563. The van der Waals surface area contributed by atoms with E-state index >= 15 is 0 Å². The largest absolute Gasteiger partial charge is 0.481 e. The zero-order valence-corrected chi connectivity index (χ0v) is 25.8. The number of aryl methyl sites for hydroxylation is 2. The average Bonchev–Trinajstić information content (AvgIpc) is 3.58. The predicted molar refractivity (Wildman–Crippen MR) is 171 cm³/mol. The third-order valence-electron chi connectivity index (χ3n) is 8.68. The Bertz CT molecular complexity index is 1500. The summed E-state index contributed by atoms with van der Waals surface area (Å²) in [4.78, 5) is 16.3. The lowest BCUT2D eigenvalue weighted by Crippen LogP contribution is -2.32. The normalized spacial score (nSPS) is 22.6. The van der Waals surface area contributed by atoms with Crippen molar-refractivity contribution in [1.29, 1.82) is 0 Å². The van der Waals surface area contributed by atoms with Gasteiger partial charge in [-0.15, -0.1) is 0 Å². The Balaban J connectivity index is 1.32. The van der Waals surface area contributed by atoms with Crippen LogP contribution in [0.3, 0.4) is 0 Å². The zero-order valence-electron chi connectivity index (χ0n) is 24.2. The molecule has 0 spiro atoms. The number of rotatable bonds is 13. The number of carbonyl (C=O) groups is 1. The first-order valence-electron chi connectivity index (χ1n) is 14.7. The van der Waals surface area contributed by atoms with Gasteiger partial charge in [-0.25, -0.2) is 4.39 Å². The van der Waals surface area contributed by atoms with E-state index < -0.39 is 23.2 Å². The van der Waals surface area contributed by atoms with Crippen LogP contribution in [0.5, 0.6) is 0 Å². The van der Waals surface area contributed by atoms with Gasteiger partial charge in [-0.2, -0.15) is 11.8 Å². The Hall–Kier alpha value is -2.67. The quantitative estimate of drug-likeness (QED) is 0.203. The van der Waals surface area contributed by atoms with Crippen molar-refractivity contribution in [3.8, 4) is 0 Å². The highest BCUT2D eigenvalue weighted by atomic mass is 35.5. The van der Waals surface area contributed by atoms with Crippen molar-refractivity contribution in [2.24, 2.45) is 11.3 Å². The second-order valence-electron chi connectivity index (χ2n) is 12.4. The second-order valence-corrected chi connectivity index (χ2v) is 14.1. The van der Waals surface area contributed by atoms with Crippen molar-refractivity contribution in [2.75, 3.05) is 5.75 Å². The Kier molecular flexibility index (Phi) is 9.46. The molecule has 0 amide bonds. The molecule has 5 rings (SSSR count). The summed E-state index contributed by atoms with van der Waals surface area (Å²) in [6.45, 7) is 3.73. The van der Waals surface area contributed by atoms with Crippen LogP contribution in [0.4, 0.5) is 4.39 Å². The van der Waals surface area contributed by atoms with Gasteiger partial charge < -0.3 is 10.2 Å². The van der Waals surface area contributed by atoms with Gasteiger partial charge in [0.1, 0.15) is 6.17 Å². The molecule has 0 radical (unpaired) electrons. The highest BCUT2D eigenvalue weighted by Crippen LogP contribution is 2.55. The van der Waals surface area contributed by atoms with Crippen molar-refractivity contribution < 1.29 is 19.4 Å². The molecule has 4 nitrogen and oxygen atoms in total. The first-order valence-corrected chi connectivity index (χ1v) is 16.1. The Morgan fingerprint density at radius 3 is 2.69 bits per heavy atom. The van der Waals surface area contributed by atoms with Crippen molar-refractivity contribution in [3.63, 3.8) is 0 Å². The molecule has 1 heterocycles. The van der Waals surface area contributed by atoms with Gasteiger partial charge in [-0.1, -0.05) is 71.8 Å². The Morgan fingerprint density at radius 1 is 1.17 bits per heavy atom. The fourth-order valence-corrected chi connectivity index (χ4v) is 7.78. The first-order chi connectivity index (χ1) is 20.0. The number of aliphatic carboxylic acids is 1. The predicted octanol–water partition coefficient (Wildman–Crippen LogP) is 8.70. The number of allylic oxidation sites excluding steroid dienone is 3. The number of fused-ring (bicyclic) bond motifs is 1. The molecule has 1 saturated carbocycles. The van der Waals surface area contributed by atoms with Crippen LogP contribution >= 0.6 is 23.4 Å². The lowest BCUT2D eigenvalue weighted by atomic mass is 9.78.